The van der Waals surface area contributed by atoms with E-state index in [4.69, 9.17) is 21.7 Å². The van der Waals surface area contributed by atoms with Crippen molar-refractivity contribution in [1.29, 1.82) is 0 Å². The fourth-order valence-corrected chi connectivity index (χ4v) is 4.58. The molecule has 0 amide bonds. The average Bonchev–Trinajstić information content (AvgIpc) is 2.75. The van der Waals surface area contributed by atoms with Crippen molar-refractivity contribution in [2.45, 2.75) is 59.5 Å². The molecule has 166 valence electrons. The summed E-state index contributed by atoms with van der Waals surface area (Å²) in [6.45, 7) is 10.1. The molecule has 3 rings (SSSR count). The molecule has 0 bridgehead atoms. The highest BCUT2D eigenvalue weighted by Crippen LogP contribution is 2.44. The van der Waals surface area contributed by atoms with Crippen LogP contribution in [-0.4, -0.2) is 34.8 Å². The number of phenols is 1. The summed E-state index contributed by atoms with van der Waals surface area (Å²) in [6, 6.07) is 9.65. The zero-order chi connectivity index (χ0) is 22.8. The lowest BCUT2D eigenvalue weighted by Crippen LogP contribution is -2.44. The van der Waals surface area contributed by atoms with Gasteiger partial charge in [0, 0.05) is 17.7 Å². The second-order valence-corrected chi connectivity index (χ2v) is 8.85. The van der Waals surface area contributed by atoms with Crippen molar-refractivity contribution in [3.63, 3.8) is 0 Å². The van der Waals surface area contributed by atoms with Crippen LogP contribution in [0.15, 0.2) is 30.3 Å². The lowest BCUT2D eigenvalue weighted by molar-refractivity contribution is -0.141. The van der Waals surface area contributed by atoms with Crippen LogP contribution in [0.2, 0.25) is 0 Å². The van der Waals surface area contributed by atoms with E-state index in [9.17, 15) is 9.90 Å². The van der Waals surface area contributed by atoms with Crippen molar-refractivity contribution in [1.82, 2.24) is 0 Å². The smallest absolute Gasteiger partial charge is 0.325 e. The van der Waals surface area contributed by atoms with Gasteiger partial charge in [0.2, 0.25) is 0 Å². The van der Waals surface area contributed by atoms with Crippen LogP contribution in [0.4, 0.5) is 5.69 Å². The Labute approximate surface area is 190 Å². The number of esters is 1. The summed E-state index contributed by atoms with van der Waals surface area (Å²) in [7, 11) is 0. The number of carbonyl (C=O) groups is 1. The number of para-hydroxylation sites is 1. The second-order valence-electron chi connectivity index (χ2n) is 8.38. The third-order valence-electron chi connectivity index (χ3n) is 6.08. The van der Waals surface area contributed by atoms with Crippen LogP contribution < -0.4 is 9.64 Å². The van der Waals surface area contributed by atoms with E-state index in [2.05, 4.69) is 6.92 Å². The van der Waals surface area contributed by atoms with Crippen molar-refractivity contribution in [3.8, 4) is 11.5 Å². The van der Waals surface area contributed by atoms with Crippen LogP contribution in [0.1, 0.15) is 48.9 Å². The number of rotatable bonds is 6. The first-order valence-electron chi connectivity index (χ1n) is 10.7. The molecular formula is C25H31NO4S. The summed E-state index contributed by atoms with van der Waals surface area (Å²) in [5.74, 6) is 0.885. The molecule has 0 radical (unpaired) electrons. The van der Waals surface area contributed by atoms with Gasteiger partial charge in [0.25, 0.3) is 0 Å². The Morgan fingerprint density at radius 1 is 1.19 bits per heavy atom. The van der Waals surface area contributed by atoms with E-state index in [-0.39, 0.29) is 12.5 Å². The van der Waals surface area contributed by atoms with Gasteiger partial charge in [0.1, 0.15) is 23.6 Å². The molecule has 0 saturated carbocycles. The topological polar surface area (TPSA) is 59.0 Å². The fraction of sp³-hybridized carbons (Fsp3) is 0.440. The van der Waals surface area contributed by atoms with Gasteiger partial charge in [-0.25, -0.2) is 0 Å². The van der Waals surface area contributed by atoms with Gasteiger partial charge in [-0.2, -0.15) is 0 Å². The van der Waals surface area contributed by atoms with E-state index in [0.29, 0.717) is 23.8 Å². The number of fused-ring (bicyclic) bond motifs is 1. The number of anilines is 1. The molecule has 1 N–H and O–H groups in total. The molecule has 1 heterocycles. The van der Waals surface area contributed by atoms with Crippen LogP contribution >= 0.6 is 12.2 Å². The van der Waals surface area contributed by atoms with Gasteiger partial charge >= 0.3 is 5.97 Å². The van der Waals surface area contributed by atoms with Gasteiger partial charge in [-0.1, -0.05) is 30.4 Å². The molecule has 2 aromatic rings. The number of benzene rings is 2. The minimum atomic E-state index is -0.508. The van der Waals surface area contributed by atoms with Gasteiger partial charge in [0.05, 0.1) is 11.6 Å². The van der Waals surface area contributed by atoms with E-state index in [1.54, 1.807) is 6.92 Å². The molecule has 5 nitrogen and oxygen atoms in total. The first-order chi connectivity index (χ1) is 14.7. The third-order valence-corrected chi connectivity index (χ3v) is 6.44. The highest BCUT2D eigenvalue weighted by molar-refractivity contribution is 7.80. The fourth-order valence-electron chi connectivity index (χ4n) is 4.10. The molecule has 0 fully saturated rings. The Balaban J connectivity index is 1.86. The van der Waals surface area contributed by atoms with E-state index in [1.165, 1.54) is 0 Å². The molecule has 1 aliphatic rings. The largest absolute Gasteiger partial charge is 0.507 e. The summed E-state index contributed by atoms with van der Waals surface area (Å²) in [4.78, 5) is 14.7. The molecule has 31 heavy (non-hydrogen) atoms. The zero-order valence-electron chi connectivity index (χ0n) is 18.9. The van der Waals surface area contributed by atoms with Gasteiger partial charge in [-0.3, -0.25) is 4.79 Å². The van der Waals surface area contributed by atoms with Gasteiger partial charge < -0.3 is 19.5 Å². The number of thiocarbonyl (C=S) groups is 1. The van der Waals surface area contributed by atoms with E-state index < -0.39 is 5.60 Å². The predicted molar refractivity (Wildman–Crippen MR) is 127 cm³/mol. The quantitative estimate of drug-likeness (QED) is 0.492. The SMILES string of the molecule is CCOC(=O)CN(C(=S)CC1(C)CCc2c(C)c(O)c(C)c(C)c2O1)c1ccccc1. The number of nitrogens with zero attached hydrogens (tertiary/aromatic N) is 1. The van der Waals surface area contributed by atoms with Crippen molar-refractivity contribution >= 4 is 28.9 Å². The van der Waals surface area contributed by atoms with Crippen LogP contribution in [0.5, 0.6) is 11.5 Å². The first-order valence-corrected chi connectivity index (χ1v) is 11.1. The van der Waals surface area contributed by atoms with Crippen molar-refractivity contribution in [2.24, 2.45) is 0 Å². The van der Waals surface area contributed by atoms with Crippen molar-refractivity contribution < 1.29 is 19.4 Å². The van der Waals surface area contributed by atoms with Crippen LogP contribution in [0, 0.1) is 20.8 Å². The average molecular weight is 442 g/mol. The monoisotopic (exact) mass is 441 g/mol. The Morgan fingerprint density at radius 3 is 2.52 bits per heavy atom. The molecule has 1 unspecified atom stereocenters. The number of phenolic OH excluding ortho intramolecular Hbond substituents is 1. The maximum absolute atomic E-state index is 12.2. The maximum atomic E-state index is 12.2. The molecular weight excluding hydrogens is 410 g/mol. The Bertz CT molecular complexity index is 989. The summed E-state index contributed by atoms with van der Waals surface area (Å²) in [6.07, 6.45) is 2.07. The predicted octanol–water partition coefficient (Wildman–Crippen LogP) is 5.19. The second kappa shape index (κ2) is 9.27. The molecule has 2 aromatic carbocycles. The lowest BCUT2D eigenvalue weighted by atomic mass is 9.85. The Hall–Kier alpha value is -2.60. The normalized spacial score (nSPS) is 17.5. The van der Waals surface area contributed by atoms with E-state index in [0.717, 1.165) is 46.5 Å². The minimum Gasteiger partial charge on any atom is -0.507 e. The first kappa shape index (κ1) is 23.1. The van der Waals surface area contributed by atoms with Gasteiger partial charge in [0.15, 0.2) is 0 Å². The van der Waals surface area contributed by atoms with E-state index in [1.807, 2.05) is 56.0 Å². The van der Waals surface area contributed by atoms with Crippen molar-refractivity contribution in [3.05, 3.63) is 52.6 Å². The molecule has 6 heteroatoms. The number of carbonyl (C=O) groups excluding carboxylic acids is 1. The zero-order valence-corrected chi connectivity index (χ0v) is 19.8. The molecule has 0 aromatic heterocycles. The molecule has 0 spiro atoms. The number of aromatic hydroxyl groups is 1. The van der Waals surface area contributed by atoms with Crippen LogP contribution in [0.3, 0.4) is 0 Å². The number of ether oxygens (including phenoxy) is 2. The number of hydrogen-bond acceptors (Lipinski definition) is 5. The van der Waals surface area contributed by atoms with Crippen LogP contribution in [0.25, 0.3) is 0 Å². The summed E-state index contributed by atoms with van der Waals surface area (Å²) in [5, 5.41) is 10.4. The molecule has 1 atom stereocenters. The van der Waals surface area contributed by atoms with Gasteiger partial charge in [-0.05, 0) is 76.3 Å². The summed E-state index contributed by atoms with van der Waals surface area (Å²) < 4.78 is 11.7. The Kier molecular flexibility index (Phi) is 6.90. The number of hydrogen-bond donors (Lipinski definition) is 1. The summed E-state index contributed by atoms with van der Waals surface area (Å²) in [5.41, 5.74) is 4.10. The molecule has 1 aliphatic heterocycles. The highest BCUT2D eigenvalue weighted by Gasteiger charge is 2.36. The maximum Gasteiger partial charge on any atom is 0.325 e. The highest BCUT2D eigenvalue weighted by atomic mass is 32.1. The lowest BCUT2D eigenvalue weighted by Gasteiger charge is -2.39. The van der Waals surface area contributed by atoms with E-state index >= 15 is 0 Å². The summed E-state index contributed by atoms with van der Waals surface area (Å²) >= 11 is 5.81. The van der Waals surface area contributed by atoms with Crippen LogP contribution in [-0.2, 0) is 16.0 Å². The minimum absolute atomic E-state index is 0.0640. The molecule has 0 aliphatic carbocycles. The van der Waals surface area contributed by atoms with Gasteiger partial charge in [-0.15, -0.1) is 0 Å². The Morgan fingerprint density at radius 2 is 1.87 bits per heavy atom. The molecule has 0 saturated heterocycles. The standard InChI is InChI=1S/C25H31NO4S/c1-6-29-22(27)15-26(19-10-8-7-9-11-19)21(31)14-25(5)13-12-20-18(4)23(28)16(2)17(3)24(20)30-25/h7-11,28H,6,12-15H2,1-5H3. The van der Waals surface area contributed by atoms with Crippen molar-refractivity contribution in [2.75, 3.05) is 18.1 Å². The third kappa shape index (κ3) is 4.85.